The topological polar surface area (TPSA) is 91.0 Å². The van der Waals surface area contributed by atoms with Crippen molar-refractivity contribution in [1.29, 1.82) is 0 Å². The number of rotatable bonds is 12. The van der Waals surface area contributed by atoms with E-state index in [-0.39, 0.29) is 30.3 Å². The second-order valence-corrected chi connectivity index (χ2v) is 11.6. The highest BCUT2D eigenvalue weighted by Gasteiger charge is 2.35. The Morgan fingerprint density at radius 2 is 1.90 bits per heavy atom. The zero-order valence-electron chi connectivity index (χ0n) is 23.2. The molecule has 2 amide bonds. The zero-order chi connectivity index (χ0) is 27.6. The maximum absolute atomic E-state index is 13.4. The summed E-state index contributed by atoms with van der Waals surface area (Å²) in [6.07, 6.45) is 6.17. The Labute approximate surface area is 236 Å². The molecular weight excluding hydrogens is 512 g/mol. The number of benzene rings is 2. The highest BCUT2D eigenvalue weighted by atomic mass is 32.2. The van der Waals surface area contributed by atoms with Crippen LogP contribution in [-0.2, 0) is 25.7 Å². The minimum absolute atomic E-state index is 0.0723. The van der Waals surface area contributed by atoms with Gasteiger partial charge in [0.1, 0.15) is 6.04 Å². The van der Waals surface area contributed by atoms with Crippen LogP contribution in [0.2, 0.25) is 0 Å². The van der Waals surface area contributed by atoms with Crippen molar-refractivity contribution >= 4 is 40.3 Å². The Morgan fingerprint density at radius 3 is 2.67 bits per heavy atom. The first-order valence-corrected chi connectivity index (χ1v) is 15.5. The van der Waals surface area contributed by atoms with Gasteiger partial charge < -0.3 is 20.3 Å². The first-order chi connectivity index (χ1) is 19.0. The molecule has 2 N–H and O–H groups in total. The minimum atomic E-state index is -0.668. The van der Waals surface area contributed by atoms with Crippen LogP contribution in [-0.4, -0.2) is 91.5 Å². The summed E-state index contributed by atoms with van der Waals surface area (Å²) in [5.41, 5.74) is 1.14. The maximum atomic E-state index is 13.4. The van der Waals surface area contributed by atoms with Crippen LogP contribution in [0, 0.1) is 5.92 Å². The van der Waals surface area contributed by atoms with E-state index in [2.05, 4.69) is 44.7 Å². The second kappa shape index (κ2) is 14.7. The first kappa shape index (κ1) is 29.4. The van der Waals surface area contributed by atoms with Gasteiger partial charge in [-0.15, -0.1) is 0 Å². The van der Waals surface area contributed by atoms with Crippen molar-refractivity contribution in [3.63, 3.8) is 0 Å². The molecule has 0 spiro atoms. The third-order valence-corrected chi connectivity index (χ3v) is 8.53. The Morgan fingerprint density at radius 1 is 1.13 bits per heavy atom. The van der Waals surface area contributed by atoms with E-state index < -0.39 is 12.0 Å². The van der Waals surface area contributed by atoms with Crippen molar-refractivity contribution in [1.82, 2.24) is 20.4 Å². The number of thioether (sulfide) groups is 1. The molecule has 0 unspecified atom stereocenters. The summed E-state index contributed by atoms with van der Waals surface area (Å²) in [7, 11) is 1.35. The number of ether oxygens (including phenoxy) is 1. The fourth-order valence-corrected chi connectivity index (χ4v) is 6.31. The summed E-state index contributed by atoms with van der Waals surface area (Å²) in [5.74, 6) is 0.457. The largest absolute Gasteiger partial charge is 0.467 e. The van der Waals surface area contributed by atoms with Crippen molar-refractivity contribution in [3.05, 3.63) is 48.0 Å². The highest BCUT2D eigenvalue weighted by Crippen LogP contribution is 2.26. The van der Waals surface area contributed by atoms with Crippen molar-refractivity contribution in [2.45, 2.75) is 50.7 Å². The molecule has 212 valence electrons. The number of nitrogens with zero attached hydrogens (tertiary/aromatic N) is 2. The summed E-state index contributed by atoms with van der Waals surface area (Å²) in [4.78, 5) is 43.3. The van der Waals surface area contributed by atoms with Gasteiger partial charge in [0.2, 0.25) is 11.8 Å². The van der Waals surface area contributed by atoms with E-state index in [0.29, 0.717) is 19.5 Å². The fourth-order valence-electron chi connectivity index (χ4n) is 5.84. The van der Waals surface area contributed by atoms with E-state index in [1.54, 1.807) is 11.8 Å². The average Bonchev–Trinajstić information content (AvgIpc) is 3.43. The molecule has 0 aromatic heterocycles. The molecule has 2 aromatic carbocycles. The number of carbonyl (C=O) groups is 3. The number of piperidine rings is 1. The molecule has 2 atom stereocenters. The van der Waals surface area contributed by atoms with Gasteiger partial charge in [0.05, 0.1) is 13.7 Å². The summed E-state index contributed by atoms with van der Waals surface area (Å²) in [5, 5.41) is 8.58. The molecule has 0 bridgehead atoms. The number of methoxy groups -OCH3 is 1. The zero-order valence-corrected chi connectivity index (χ0v) is 24.0. The van der Waals surface area contributed by atoms with Gasteiger partial charge in [-0.1, -0.05) is 42.5 Å². The molecular formula is C30H42N4O4S. The molecule has 8 nitrogen and oxygen atoms in total. The van der Waals surface area contributed by atoms with E-state index in [1.165, 1.54) is 7.11 Å². The Hall–Kier alpha value is -2.62. The summed E-state index contributed by atoms with van der Waals surface area (Å²) >= 11 is 1.63. The van der Waals surface area contributed by atoms with Crippen LogP contribution < -0.4 is 10.6 Å². The average molecular weight is 555 g/mol. The monoisotopic (exact) mass is 554 g/mol. The molecule has 2 aliphatic heterocycles. The quantitative estimate of drug-likeness (QED) is 0.390. The van der Waals surface area contributed by atoms with Gasteiger partial charge in [0.15, 0.2) is 0 Å². The lowest BCUT2D eigenvalue weighted by molar-refractivity contribution is -0.145. The molecule has 0 aliphatic carbocycles. The number of fused-ring (bicyclic) bond motifs is 1. The van der Waals surface area contributed by atoms with E-state index in [1.807, 2.05) is 24.5 Å². The van der Waals surface area contributed by atoms with Gasteiger partial charge in [-0.05, 0) is 73.5 Å². The molecule has 9 heteroatoms. The van der Waals surface area contributed by atoms with Gasteiger partial charge in [-0.25, -0.2) is 4.79 Å². The van der Waals surface area contributed by atoms with Crippen LogP contribution in [0.1, 0.15) is 37.7 Å². The SMILES string of the molecule is COC(=O)[C@H](CCSC)NC(=O)CN(Cc1cccc2ccccc12)C[C@@H]1CCCN1C(=O)C1CCNCC1. The van der Waals surface area contributed by atoms with Crippen LogP contribution in [0.5, 0.6) is 0 Å². The molecule has 2 aliphatic rings. The number of carbonyl (C=O) groups excluding carboxylic acids is 3. The summed E-state index contributed by atoms with van der Waals surface area (Å²) in [6.45, 7) is 3.89. The second-order valence-electron chi connectivity index (χ2n) is 10.6. The third-order valence-electron chi connectivity index (χ3n) is 7.89. The van der Waals surface area contributed by atoms with Crippen molar-refractivity contribution in [2.75, 3.05) is 51.8 Å². The minimum Gasteiger partial charge on any atom is -0.467 e. The Balaban J connectivity index is 1.51. The number of esters is 1. The van der Waals surface area contributed by atoms with Gasteiger partial charge in [0, 0.05) is 31.6 Å². The molecule has 0 radical (unpaired) electrons. The number of likely N-dealkylation sites (tertiary alicyclic amines) is 1. The Kier molecular flexibility index (Phi) is 11.1. The molecule has 2 saturated heterocycles. The number of hydrogen-bond donors (Lipinski definition) is 2. The maximum Gasteiger partial charge on any atom is 0.328 e. The lowest BCUT2D eigenvalue weighted by atomic mass is 9.96. The molecule has 2 fully saturated rings. The smallest absolute Gasteiger partial charge is 0.328 e. The van der Waals surface area contributed by atoms with E-state index in [4.69, 9.17) is 4.74 Å². The first-order valence-electron chi connectivity index (χ1n) is 14.1. The normalized spacial score (nSPS) is 18.8. The molecule has 0 saturated carbocycles. The number of hydrogen-bond acceptors (Lipinski definition) is 7. The van der Waals surface area contributed by atoms with Gasteiger partial charge in [-0.3, -0.25) is 14.5 Å². The molecule has 39 heavy (non-hydrogen) atoms. The van der Waals surface area contributed by atoms with Crippen LogP contribution in [0.3, 0.4) is 0 Å². The fraction of sp³-hybridized carbons (Fsp3) is 0.567. The van der Waals surface area contributed by atoms with Crippen LogP contribution in [0.4, 0.5) is 0 Å². The van der Waals surface area contributed by atoms with E-state index in [0.717, 1.165) is 67.4 Å². The van der Waals surface area contributed by atoms with E-state index >= 15 is 0 Å². The predicted octanol–water partition coefficient (Wildman–Crippen LogP) is 3.04. The van der Waals surface area contributed by atoms with Crippen LogP contribution >= 0.6 is 11.8 Å². The van der Waals surface area contributed by atoms with Gasteiger partial charge >= 0.3 is 5.97 Å². The Bertz CT molecular complexity index is 1120. The molecule has 2 aromatic rings. The summed E-state index contributed by atoms with van der Waals surface area (Å²) in [6, 6.07) is 13.9. The third kappa shape index (κ3) is 7.96. The molecule has 4 rings (SSSR count). The van der Waals surface area contributed by atoms with Crippen molar-refractivity contribution < 1.29 is 19.1 Å². The summed E-state index contributed by atoms with van der Waals surface area (Å²) < 4.78 is 4.94. The highest BCUT2D eigenvalue weighted by molar-refractivity contribution is 7.98. The number of amides is 2. The lowest BCUT2D eigenvalue weighted by Gasteiger charge is -2.34. The predicted molar refractivity (Wildman–Crippen MR) is 156 cm³/mol. The van der Waals surface area contributed by atoms with Gasteiger partial charge in [-0.2, -0.15) is 11.8 Å². The molecule has 2 heterocycles. The number of nitrogens with one attached hydrogen (secondary N) is 2. The van der Waals surface area contributed by atoms with Crippen molar-refractivity contribution in [2.24, 2.45) is 5.92 Å². The van der Waals surface area contributed by atoms with Crippen molar-refractivity contribution in [3.8, 4) is 0 Å². The van der Waals surface area contributed by atoms with Gasteiger partial charge in [0.25, 0.3) is 0 Å². The van der Waals surface area contributed by atoms with Crippen LogP contribution in [0.25, 0.3) is 10.8 Å². The standard InChI is InChI=1S/C30H42N4O4S/c1-38-30(37)27(14-18-39-2)32-28(35)21-33(19-24-9-5-8-22-7-3-4-11-26(22)24)20-25-10-6-17-34(25)29(36)23-12-15-31-16-13-23/h3-5,7-9,11,23,25,27,31H,6,10,12-21H2,1-2H3,(H,32,35)/t25-,27-/m0/s1. The van der Waals surface area contributed by atoms with E-state index in [9.17, 15) is 14.4 Å². The van der Waals surface area contributed by atoms with Crippen LogP contribution in [0.15, 0.2) is 42.5 Å². The lowest BCUT2D eigenvalue weighted by Crippen LogP contribution is -2.50.